The number of aliphatic hydroxyl groups excluding tert-OH is 1. The topological polar surface area (TPSA) is 38.7 Å². The van der Waals surface area contributed by atoms with Crippen molar-refractivity contribution in [2.45, 2.75) is 24.9 Å². The fourth-order valence-corrected chi connectivity index (χ4v) is 2.95. The molecule has 0 spiro atoms. The van der Waals surface area contributed by atoms with Gasteiger partial charge in [-0.15, -0.1) is 0 Å². The van der Waals surface area contributed by atoms with Crippen LogP contribution in [-0.4, -0.2) is 24.9 Å². The van der Waals surface area contributed by atoms with Crippen molar-refractivity contribution < 1.29 is 14.6 Å². The Morgan fingerprint density at radius 1 is 1.24 bits per heavy atom. The average Bonchev–Trinajstić information content (AvgIpc) is 2.54. The number of fused-ring (bicyclic) bond motifs is 1. The molecule has 110 valence electrons. The van der Waals surface area contributed by atoms with E-state index in [4.69, 9.17) is 9.47 Å². The van der Waals surface area contributed by atoms with Gasteiger partial charge in [-0.3, -0.25) is 0 Å². The van der Waals surface area contributed by atoms with E-state index >= 15 is 0 Å². The molecule has 2 atom stereocenters. The molecule has 3 rings (SSSR count). The molecule has 0 bridgehead atoms. The van der Waals surface area contributed by atoms with Crippen LogP contribution in [0.2, 0.25) is 0 Å². The van der Waals surface area contributed by atoms with Gasteiger partial charge < -0.3 is 14.6 Å². The molecule has 3 nitrogen and oxygen atoms in total. The van der Waals surface area contributed by atoms with Crippen LogP contribution in [0.15, 0.2) is 48.5 Å². The zero-order chi connectivity index (χ0) is 14.7. The van der Waals surface area contributed by atoms with Gasteiger partial charge in [-0.1, -0.05) is 30.3 Å². The second kappa shape index (κ2) is 6.19. The highest BCUT2D eigenvalue weighted by Crippen LogP contribution is 2.36. The number of hydrogen-bond acceptors (Lipinski definition) is 3. The van der Waals surface area contributed by atoms with Gasteiger partial charge in [-0.25, -0.2) is 0 Å². The first-order chi connectivity index (χ1) is 10.3. The highest BCUT2D eigenvalue weighted by Gasteiger charge is 2.27. The Labute approximate surface area is 125 Å². The lowest BCUT2D eigenvalue weighted by Crippen LogP contribution is -2.26. The van der Waals surface area contributed by atoms with Gasteiger partial charge in [-0.05, 0) is 42.2 Å². The van der Waals surface area contributed by atoms with Gasteiger partial charge >= 0.3 is 0 Å². The summed E-state index contributed by atoms with van der Waals surface area (Å²) in [5.74, 6) is 1.85. The molecule has 0 aliphatic carbocycles. The minimum atomic E-state index is -0.415. The summed E-state index contributed by atoms with van der Waals surface area (Å²) in [4.78, 5) is 0. The summed E-state index contributed by atoms with van der Waals surface area (Å²) in [6, 6.07) is 15.9. The van der Waals surface area contributed by atoms with Crippen molar-refractivity contribution in [1.82, 2.24) is 0 Å². The van der Waals surface area contributed by atoms with Crippen molar-refractivity contribution in [2.24, 2.45) is 0 Å². The van der Waals surface area contributed by atoms with E-state index in [1.54, 1.807) is 7.11 Å². The highest BCUT2D eigenvalue weighted by molar-refractivity contribution is 5.39. The first-order valence-electron chi connectivity index (χ1n) is 7.30. The molecular weight excluding hydrogens is 264 g/mol. The third kappa shape index (κ3) is 3.03. The summed E-state index contributed by atoms with van der Waals surface area (Å²) in [5.41, 5.74) is 2.20. The quantitative estimate of drug-likeness (QED) is 0.937. The highest BCUT2D eigenvalue weighted by atomic mass is 16.5. The van der Waals surface area contributed by atoms with Crippen molar-refractivity contribution in [3.8, 4) is 11.5 Å². The first kappa shape index (κ1) is 14.0. The van der Waals surface area contributed by atoms with Crippen LogP contribution in [0, 0.1) is 0 Å². The van der Waals surface area contributed by atoms with E-state index in [1.807, 2.05) is 48.5 Å². The monoisotopic (exact) mass is 284 g/mol. The fourth-order valence-electron chi connectivity index (χ4n) is 2.95. The number of hydrogen-bond donors (Lipinski definition) is 1. The largest absolute Gasteiger partial charge is 0.497 e. The number of rotatable bonds is 4. The van der Waals surface area contributed by atoms with Crippen LogP contribution in [-0.2, 0) is 6.42 Å². The molecule has 1 heterocycles. The van der Waals surface area contributed by atoms with Crippen molar-refractivity contribution in [3.05, 3.63) is 59.7 Å². The smallest absolute Gasteiger partial charge is 0.122 e. The molecule has 1 aliphatic heterocycles. The predicted octanol–water partition coefficient (Wildman–Crippen LogP) is 3.16. The van der Waals surface area contributed by atoms with E-state index in [0.717, 1.165) is 29.0 Å². The second-order valence-corrected chi connectivity index (χ2v) is 5.40. The maximum atomic E-state index is 10.6. The zero-order valence-corrected chi connectivity index (χ0v) is 12.2. The molecule has 1 aliphatic rings. The molecule has 0 saturated carbocycles. The van der Waals surface area contributed by atoms with E-state index in [9.17, 15) is 5.11 Å². The maximum absolute atomic E-state index is 10.6. The van der Waals surface area contributed by atoms with Gasteiger partial charge in [0.25, 0.3) is 0 Å². The first-order valence-corrected chi connectivity index (χ1v) is 7.30. The molecule has 21 heavy (non-hydrogen) atoms. The molecule has 0 fully saturated rings. The Morgan fingerprint density at radius 3 is 2.95 bits per heavy atom. The molecule has 3 heteroatoms. The van der Waals surface area contributed by atoms with Gasteiger partial charge in [0.2, 0.25) is 0 Å². The predicted molar refractivity (Wildman–Crippen MR) is 82.0 cm³/mol. The van der Waals surface area contributed by atoms with Gasteiger partial charge in [-0.2, -0.15) is 0 Å². The van der Waals surface area contributed by atoms with Crippen LogP contribution in [0.5, 0.6) is 11.5 Å². The van der Waals surface area contributed by atoms with Crippen LogP contribution >= 0.6 is 0 Å². The van der Waals surface area contributed by atoms with Crippen molar-refractivity contribution >= 4 is 0 Å². The summed E-state index contributed by atoms with van der Waals surface area (Å²) < 4.78 is 10.9. The van der Waals surface area contributed by atoms with Crippen molar-refractivity contribution in [2.75, 3.05) is 13.7 Å². The number of ether oxygens (including phenoxy) is 2. The van der Waals surface area contributed by atoms with E-state index in [1.165, 1.54) is 0 Å². The lowest BCUT2D eigenvalue weighted by Gasteiger charge is -2.29. The van der Waals surface area contributed by atoms with E-state index in [2.05, 4.69) is 0 Å². The number of benzene rings is 2. The maximum Gasteiger partial charge on any atom is 0.122 e. The molecule has 0 aromatic heterocycles. The van der Waals surface area contributed by atoms with Gasteiger partial charge in [0.1, 0.15) is 11.5 Å². The molecule has 0 saturated heterocycles. The fraction of sp³-hybridized carbons (Fsp3) is 0.333. The molecular formula is C18H20O3. The average molecular weight is 284 g/mol. The minimum absolute atomic E-state index is 0.126. The molecule has 1 N–H and O–H groups in total. The standard InChI is InChI=1S/C18H20O3/c1-20-14-6-4-5-13(11-14)12-17(19)15-9-10-21-18-8-3-2-7-16(15)18/h2-8,11,15,17,19H,9-10,12H2,1H3. The third-order valence-corrected chi connectivity index (χ3v) is 4.05. The second-order valence-electron chi connectivity index (χ2n) is 5.40. The molecule has 0 amide bonds. The Balaban J connectivity index is 1.78. The lowest BCUT2D eigenvalue weighted by atomic mass is 9.85. The van der Waals surface area contributed by atoms with Crippen molar-refractivity contribution in [3.63, 3.8) is 0 Å². The number of aliphatic hydroxyl groups is 1. The lowest BCUT2D eigenvalue weighted by molar-refractivity contribution is 0.116. The van der Waals surface area contributed by atoms with E-state index in [0.29, 0.717) is 13.0 Å². The SMILES string of the molecule is COc1cccc(CC(O)C2CCOc3ccccc32)c1. The normalized spacial score (nSPS) is 18.5. The summed E-state index contributed by atoms with van der Waals surface area (Å²) in [7, 11) is 1.66. The molecule has 0 radical (unpaired) electrons. The van der Waals surface area contributed by atoms with Crippen LogP contribution in [0.3, 0.4) is 0 Å². The number of para-hydroxylation sites is 1. The number of methoxy groups -OCH3 is 1. The summed E-state index contributed by atoms with van der Waals surface area (Å²) >= 11 is 0. The van der Waals surface area contributed by atoms with E-state index in [-0.39, 0.29) is 5.92 Å². The van der Waals surface area contributed by atoms with Crippen LogP contribution in [0.1, 0.15) is 23.5 Å². The Hall–Kier alpha value is -2.00. The van der Waals surface area contributed by atoms with Gasteiger partial charge in [0, 0.05) is 5.92 Å². The summed E-state index contributed by atoms with van der Waals surface area (Å²) in [6.07, 6.45) is 1.06. The Kier molecular flexibility index (Phi) is 4.11. The van der Waals surface area contributed by atoms with Gasteiger partial charge in [0.05, 0.1) is 19.8 Å². The Bertz CT molecular complexity index is 609. The van der Waals surface area contributed by atoms with Crippen LogP contribution in [0.4, 0.5) is 0 Å². The van der Waals surface area contributed by atoms with Crippen LogP contribution < -0.4 is 9.47 Å². The molecule has 2 aromatic carbocycles. The van der Waals surface area contributed by atoms with Crippen molar-refractivity contribution in [1.29, 1.82) is 0 Å². The van der Waals surface area contributed by atoms with E-state index < -0.39 is 6.10 Å². The third-order valence-electron chi connectivity index (χ3n) is 4.05. The van der Waals surface area contributed by atoms with Crippen LogP contribution in [0.25, 0.3) is 0 Å². The molecule has 2 aromatic rings. The summed E-state index contributed by atoms with van der Waals surface area (Å²) in [5, 5.41) is 10.6. The summed E-state index contributed by atoms with van der Waals surface area (Å²) in [6.45, 7) is 0.664. The molecule has 2 unspecified atom stereocenters. The van der Waals surface area contributed by atoms with Gasteiger partial charge in [0.15, 0.2) is 0 Å². The Morgan fingerprint density at radius 2 is 2.10 bits per heavy atom. The minimum Gasteiger partial charge on any atom is -0.497 e. The zero-order valence-electron chi connectivity index (χ0n) is 12.2.